The lowest BCUT2D eigenvalue weighted by Crippen LogP contribution is -2.02. The van der Waals surface area contributed by atoms with Crippen LogP contribution >= 0.6 is 11.6 Å². The SMILES string of the molecule is CC(=O)OCc1ccc(C(=O)c2ccc(Cl)cc2)cc1. The van der Waals surface area contributed by atoms with E-state index in [9.17, 15) is 9.59 Å². The molecular formula is C16H13ClO3. The third kappa shape index (κ3) is 3.68. The molecule has 0 bridgehead atoms. The van der Waals surface area contributed by atoms with Gasteiger partial charge in [-0.15, -0.1) is 0 Å². The van der Waals surface area contributed by atoms with Gasteiger partial charge in [-0.1, -0.05) is 35.9 Å². The zero-order valence-electron chi connectivity index (χ0n) is 10.9. The second-order valence-electron chi connectivity index (χ2n) is 4.31. The van der Waals surface area contributed by atoms with E-state index in [2.05, 4.69) is 0 Å². The monoisotopic (exact) mass is 288 g/mol. The number of hydrogen-bond acceptors (Lipinski definition) is 3. The number of benzene rings is 2. The highest BCUT2D eigenvalue weighted by Crippen LogP contribution is 2.14. The Morgan fingerprint density at radius 2 is 1.45 bits per heavy atom. The molecule has 0 amide bonds. The van der Waals surface area contributed by atoms with Gasteiger partial charge in [0.05, 0.1) is 0 Å². The molecule has 2 aromatic rings. The summed E-state index contributed by atoms with van der Waals surface area (Å²) < 4.78 is 4.89. The summed E-state index contributed by atoms with van der Waals surface area (Å²) in [5.74, 6) is -0.396. The van der Waals surface area contributed by atoms with E-state index in [1.54, 1.807) is 48.5 Å². The summed E-state index contributed by atoms with van der Waals surface area (Å²) in [5.41, 5.74) is 2.01. The van der Waals surface area contributed by atoms with Crippen LogP contribution in [0.4, 0.5) is 0 Å². The fourth-order valence-corrected chi connectivity index (χ4v) is 1.83. The Morgan fingerprint density at radius 3 is 1.95 bits per heavy atom. The first-order valence-electron chi connectivity index (χ1n) is 6.09. The summed E-state index contributed by atoms with van der Waals surface area (Å²) in [5, 5.41) is 0.596. The minimum Gasteiger partial charge on any atom is -0.461 e. The number of esters is 1. The zero-order valence-corrected chi connectivity index (χ0v) is 11.7. The third-order valence-electron chi connectivity index (χ3n) is 2.76. The number of carbonyl (C=O) groups is 2. The van der Waals surface area contributed by atoms with E-state index in [0.717, 1.165) is 5.56 Å². The van der Waals surface area contributed by atoms with Crippen LogP contribution in [0.3, 0.4) is 0 Å². The Balaban J connectivity index is 2.11. The molecule has 0 spiro atoms. The average molecular weight is 289 g/mol. The van der Waals surface area contributed by atoms with E-state index < -0.39 is 0 Å². The standard InChI is InChI=1S/C16H13ClO3/c1-11(18)20-10-12-2-4-13(5-3-12)16(19)14-6-8-15(17)9-7-14/h2-9H,10H2,1H3. The van der Waals surface area contributed by atoms with Crippen molar-refractivity contribution >= 4 is 23.4 Å². The van der Waals surface area contributed by atoms with Crippen LogP contribution in [0.5, 0.6) is 0 Å². The summed E-state index contributed by atoms with van der Waals surface area (Å²) in [6, 6.07) is 13.7. The molecule has 2 rings (SSSR count). The first-order valence-corrected chi connectivity index (χ1v) is 6.46. The first kappa shape index (κ1) is 14.3. The van der Waals surface area contributed by atoms with Gasteiger partial charge in [0.2, 0.25) is 0 Å². The molecule has 2 aromatic carbocycles. The van der Waals surface area contributed by atoms with Gasteiger partial charge in [-0.3, -0.25) is 9.59 Å². The van der Waals surface area contributed by atoms with E-state index in [-0.39, 0.29) is 18.4 Å². The molecule has 0 aliphatic rings. The Hall–Kier alpha value is -2.13. The summed E-state index contributed by atoms with van der Waals surface area (Å²) in [6.07, 6.45) is 0. The van der Waals surface area contributed by atoms with Crippen molar-refractivity contribution in [3.05, 3.63) is 70.2 Å². The molecule has 0 aliphatic heterocycles. The number of ether oxygens (including phenoxy) is 1. The van der Waals surface area contributed by atoms with Crippen LogP contribution in [0.1, 0.15) is 28.4 Å². The maximum Gasteiger partial charge on any atom is 0.302 e. The van der Waals surface area contributed by atoms with Crippen molar-refractivity contribution in [2.24, 2.45) is 0 Å². The van der Waals surface area contributed by atoms with Gasteiger partial charge < -0.3 is 4.74 Å². The second kappa shape index (κ2) is 6.35. The molecule has 0 radical (unpaired) electrons. The summed E-state index contributed by atoms with van der Waals surface area (Å²) in [7, 11) is 0. The number of carbonyl (C=O) groups excluding carboxylic acids is 2. The molecule has 0 N–H and O–H groups in total. The van der Waals surface area contributed by atoms with Crippen molar-refractivity contribution in [3.63, 3.8) is 0 Å². The fraction of sp³-hybridized carbons (Fsp3) is 0.125. The number of hydrogen-bond donors (Lipinski definition) is 0. The molecule has 0 aliphatic carbocycles. The van der Waals surface area contributed by atoms with Crippen LogP contribution in [-0.4, -0.2) is 11.8 Å². The predicted molar refractivity (Wildman–Crippen MR) is 76.8 cm³/mol. The first-order chi connectivity index (χ1) is 9.56. The van der Waals surface area contributed by atoms with Crippen LogP contribution in [0, 0.1) is 0 Å². The molecule has 0 atom stereocenters. The highest BCUT2D eigenvalue weighted by atomic mass is 35.5. The maximum atomic E-state index is 12.2. The van der Waals surface area contributed by atoms with Gasteiger partial charge in [-0.2, -0.15) is 0 Å². The van der Waals surface area contributed by atoms with Gasteiger partial charge >= 0.3 is 5.97 Å². The zero-order chi connectivity index (χ0) is 14.5. The smallest absolute Gasteiger partial charge is 0.302 e. The van der Waals surface area contributed by atoms with Gasteiger partial charge in [0.25, 0.3) is 0 Å². The van der Waals surface area contributed by atoms with Crippen molar-refractivity contribution in [1.29, 1.82) is 0 Å². The van der Waals surface area contributed by atoms with E-state index in [4.69, 9.17) is 16.3 Å². The predicted octanol–water partition coefficient (Wildman–Crippen LogP) is 3.63. The van der Waals surface area contributed by atoms with Crippen molar-refractivity contribution in [3.8, 4) is 0 Å². The second-order valence-corrected chi connectivity index (χ2v) is 4.75. The molecule has 0 heterocycles. The van der Waals surface area contributed by atoms with Gasteiger partial charge in [0.15, 0.2) is 5.78 Å². The van der Waals surface area contributed by atoms with E-state index >= 15 is 0 Å². The molecule has 102 valence electrons. The van der Waals surface area contributed by atoms with Gasteiger partial charge in [-0.25, -0.2) is 0 Å². The summed E-state index contributed by atoms with van der Waals surface area (Å²) >= 11 is 5.79. The van der Waals surface area contributed by atoms with Crippen LogP contribution in [0.2, 0.25) is 5.02 Å². The van der Waals surface area contributed by atoms with Crippen LogP contribution < -0.4 is 0 Å². The fourth-order valence-electron chi connectivity index (χ4n) is 1.71. The lowest BCUT2D eigenvalue weighted by molar-refractivity contribution is -0.142. The van der Waals surface area contributed by atoms with Crippen LogP contribution in [0.25, 0.3) is 0 Å². The Morgan fingerprint density at radius 1 is 0.950 bits per heavy atom. The number of rotatable bonds is 4. The largest absolute Gasteiger partial charge is 0.461 e. The topological polar surface area (TPSA) is 43.4 Å². The summed E-state index contributed by atoms with van der Waals surface area (Å²) in [4.78, 5) is 22.9. The molecule has 20 heavy (non-hydrogen) atoms. The molecule has 0 saturated carbocycles. The van der Waals surface area contributed by atoms with Crippen molar-refractivity contribution in [2.45, 2.75) is 13.5 Å². The minimum absolute atomic E-state index is 0.0688. The number of ketones is 1. The number of halogens is 1. The minimum atomic E-state index is -0.327. The molecular weight excluding hydrogens is 276 g/mol. The normalized spacial score (nSPS) is 10.1. The van der Waals surface area contributed by atoms with Crippen molar-refractivity contribution in [2.75, 3.05) is 0 Å². The quantitative estimate of drug-likeness (QED) is 0.637. The van der Waals surface area contributed by atoms with E-state index in [0.29, 0.717) is 16.1 Å². The Bertz CT molecular complexity index is 615. The van der Waals surface area contributed by atoms with E-state index in [1.165, 1.54) is 6.92 Å². The molecule has 0 unspecified atom stereocenters. The highest BCUT2D eigenvalue weighted by Gasteiger charge is 2.08. The van der Waals surface area contributed by atoms with E-state index in [1.807, 2.05) is 0 Å². The molecule has 0 saturated heterocycles. The lowest BCUT2D eigenvalue weighted by atomic mass is 10.0. The lowest BCUT2D eigenvalue weighted by Gasteiger charge is -2.04. The average Bonchev–Trinajstić information content (AvgIpc) is 2.46. The molecule has 3 nitrogen and oxygen atoms in total. The highest BCUT2D eigenvalue weighted by molar-refractivity contribution is 6.30. The summed E-state index contributed by atoms with van der Waals surface area (Å²) in [6.45, 7) is 1.57. The maximum absolute atomic E-state index is 12.2. The van der Waals surface area contributed by atoms with Crippen LogP contribution in [-0.2, 0) is 16.1 Å². The van der Waals surface area contributed by atoms with Crippen molar-refractivity contribution in [1.82, 2.24) is 0 Å². The van der Waals surface area contributed by atoms with Gasteiger partial charge in [0, 0.05) is 23.1 Å². The van der Waals surface area contributed by atoms with Crippen LogP contribution in [0.15, 0.2) is 48.5 Å². The Labute approximate surface area is 122 Å². The third-order valence-corrected chi connectivity index (χ3v) is 3.02. The van der Waals surface area contributed by atoms with Gasteiger partial charge in [-0.05, 0) is 29.8 Å². The molecule has 4 heteroatoms. The Kier molecular flexibility index (Phi) is 4.53. The van der Waals surface area contributed by atoms with Crippen molar-refractivity contribution < 1.29 is 14.3 Å². The van der Waals surface area contributed by atoms with Gasteiger partial charge in [0.1, 0.15) is 6.61 Å². The molecule has 0 aromatic heterocycles. The molecule has 0 fully saturated rings.